The van der Waals surface area contributed by atoms with E-state index in [1.807, 2.05) is 55.4 Å². The molecule has 0 bridgehead atoms. The van der Waals surface area contributed by atoms with Gasteiger partial charge in [-0.05, 0) is 25.2 Å². The van der Waals surface area contributed by atoms with Crippen LogP contribution in [0.4, 0.5) is 19.0 Å². The van der Waals surface area contributed by atoms with Crippen molar-refractivity contribution in [2.75, 3.05) is 26.0 Å². The number of alkyl halides is 3. The first-order valence-electron chi connectivity index (χ1n) is 10.7. The Kier molecular flexibility index (Phi) is 6.42. The van der Waals surface area contributed by atoms with Gasteiger partial charge in [0.2, 0.25) is 0 Å². The first-order chi connectivity index (χ1) is 15.8. The fraction of sp³-hybridized carbons (Fsp3) is 0.333. The van der Waals surface area contributed by atoms with Gasteiger partial charge >= 0.3 is 6.18 Å². The molecule has 1 aliphatic rings. The highest BCUT2D eigenvalue weighted by Gasteiger charge is 2.47. The van der Waals surface area contributed by atoms with E-state index < -0.39 is 24.2 Å². The highest BCUT2D eigenvalue weighted by Crippen LogP contribution is 2.44. The third-order valence-corrected chi connectivity index (χ3v) is 5.95. The number of anilines is 1. The number of hydrogen-bond donors (Lipinski definition) is 2. The van der Waals surface area contributed by atoms with Crippen LogP contribution in [-0.4, -0.2) is 47.4 Å². The van der Waals surface area contributed by atoms with Gasteiger partial charge in [0, 0.05) is 13.0 Å². The van der Waals surface area contributed by atoms with Crippen molar-refractivity contribution in [1.29, 1.82) is 0 Å². The van der Waals surface area contributed by atoms with Crippen LogP contribution in [0.2, 0.25) is 0 Å². The van der Waals surface area contributed by atoms with E-state index in [1.165, 1.54) is 6.20 Å². The second-order valence-corrected chi connectivity index (χ2v) is 8.35. The largest absolute Gasteiger partial charge is 0.410 e. The molecule has 1 amide bonds. The summed E-state index contributed by atoms with van der Waals surface area (Å²) in [6.07, 6.45) is -3.50. The van der Waals surface area contributed by atoms with Crippen LogP contribution in [0.1, 0.15) is 46.0 Å². The predicted octanol–water partition coefficient (Wildman–Crippen LogP) is 4.58. The number of nitrogens with zero attached hydrogens (tertiary/aromatic N) is 3. The normalized spacial score (nSPS) is 19.0. The molecule has 2 aromatic carbocycles. The van der Waals surface area contributed by atoms with E-state index in [2.05, 4.69) is 15.7 Å². The minimum Gasteiger partial charge on any atom is -0.363 e. The minimum atomic E-state index is -4.49. The highest BCUT2D eigenvalue weighted by atomic mass is 19.4. The maximum atomic E-state index is 13.9. The quantitative estimate of drug-likeness (QED) is 0.569. The van der Waals surface area contributed by atoms with Crippen LogP contribution in [0.5, 0.6) is 0 Å². The molecule has 6 nitrogen and oxygen atoms in total. The Morgan fingerprint density at radius 2 is 1.79 bits per heavy atom. The SMILES string of the molecule is CN(C)C(CNC(=O)c1cnn2c1N[C@@H](c1ccccc1)C[C@H]2C(F)(F)F)c1ccccc1. The van der Waals surface area contributed by atoms with E-state index in [0.717, 1.165) is 15.8 Å². The van der Waals surface area contributed by atoms with Crippen molar-refractivity contribution in [3.8, 4) is 0 Å². The summed E-state index contributed by atoms with van der Waals surface area (Å²) in [7, 11) is 3.82. The van der Waals surface area contributed by atoms with Crippen LogP contribution in [0, 0.1) is 0 Å². The average molecular weight is 458 g/mol. The van der Waals surface area contributed by atoms with Crippen molar-refractivity contribution in [3.63, 3.8) is 0 Å². The van der Waals surface area contributed by atoms with Crippen LogP contribution in [0.25, 0.3) is 0 Å². The lowest BCUT2D eigenvalue weighted by atomic mass is 9.96. The smallest absolute Gasteiger partial charge is 0.363 e. The van der Waals surface area contributed by atoms with E-state index in [0.29, 0.717) is 6.54 Å². The van der Waals surface area contributed by atoms with Crippen molar-refractivity contribution in [2.45, 2.75) is 30.7 Å². The summed E-state index contributed by atoms with van der Waals surface area (Å²) in [4.78, 5) is 15.0. The number of hydrogen-bond acceptors (Lipinski definition) is 4. The molecule has 1 aromatic heterocycles. The number of nitrogens with one attached hydrogen (secondary N) is 2. The zero-order valence-electron chi connectivity index (χ0n) is 18.4. The summed E-state index contributed by atoms with van der Waals surface area (Å²) in [6, 6.07) is 16.1. The van der Waals surface area contributed by atoms with Gasteiger partial charge in [-0.25, -0.2) is 4.68 Å². The summed E-state index contributed by atoms with van der Waals surface area (Å²) in [5.41, 5.74) is 1.84. The molecule has 33 heavy (non-hydrogen) atoms. The minimum absolute atomic E-state index is 0.0797. The molecule has 0 spiro atoms. The second-order valence-electron chi connectivity index (χ2n) is 8.35. The third-order valence-electron chi connectivity index (χ3n) is 5.95. The first-order valence-corrected chi connectivity index (χ1v) is 10.7. The van der Waals surface area contributed by atoms with Gasteiger partial charge in [-0.3, -0.25) is 4.79 Å². The highest BCUT2D eigenvalue weighted by molar-refractivity contribution is 5.99. The van der Waals surface area contributed by atoms with Gasteiger partial charge in [0.05, 0.1) is 18.3 Å². The standard InChI is InChI=1S/C24H26F3N5O/c1-31(2)20(17-11-7-4-8-12-17)15-28-23(33)18-14-29-32-21(24(25,26)27)13-19(30-22(18)32)16-9-5-3-6-10-16/h3-12,14,19-21,30H,13,15H2,1-2H3,(H,28,33)/t19-,20?,21+/m1/s1. The van der Waals surface area contributed by atoms with Crippen molar-refractivity contribution >= 4 is 11.7 Å². The van der Waals surface area contributed by atoms with Crippen molar-refractivity contribution in [1.82, 2.24) is 20.0 Å². The number of rotatable bonds is 6. The Labute approximate surface area is 190 Å². The topological polar surface area (TPSA) is 62.2 Å². The molecule has 0 aliphatic carbocycles. The predicted molar refractivity (Wildman–Crippen MR) is 120 cm³/mol. The zero-order valence-corrected chi connectivity index (χ0v) is 18.4. The molecule has 2 heterocycles. The molecule has 1 aliphatic heterocycles. The molecule has 0 radical (unpaired) electrons. The van der Waals surface area contributed by atoms with E-state index in [4.69, 9.17) is 0 Å². The van der Waals surface area contributed by atoms with E-state index in [-0.39, 0.29) is 23.8 Å². The van der Waals surface area contributed by atoms with Gasteiger partial charge in [-0.2, -0.15) is 18.3 Å². The monoisotopic (exact) mass is 457 g/mol. The Morgan fingerprint density at radius 1 is 1.15 bits per heavy atom. The molecule has 0 fully saturated rings. The third kappa shape index (κ3) is 4.88. The maximum absolute atomic E-state index is 13.9. The Bertz CT molecular complexity index is 1080. The van der Waals surface area contributed by atoms with Gasteiger partial charge in [-0.1, -0.05) is 60.7 Å². The number of carbonyl (C=O) groups excluding carboxylic acids is 1. The molecular formula is C24H26F3N5O. The van der Waals surface area contributed by atoms with Crippen LogP contribution in [0.15, 0.2) is 66.9 Å². The number of carbonyl (C=O) groups is 1. The Morgan fingerprint density at radius 3 is 2.39 bits per heavy atom. The van der Waals surface area contributed by atoms with Gasteiger partial charge in [0.1, 0.15) is 11.4 Å². The van der Waals surface area contributed by atoms with Gasteiger partial charge in [0.25, 0.3) is 5.91 Å². The van der Waals surface area contributed by atoms with Gasteiger partial charge in [-0.15, -0.1) is 0 Å². The molecule has 3 atom stereocenters. The van der Waals surface area contributed by atoms with Crippen LogP contribution in [0.3, 0.4) is 0 Å². The zero-order chi connectivity index (χ0) is 23.6. The molecule has 0 saturated carbocycles. The fourth-order valence-electron chi connectivity index (χ4n) is 4.19. The maximum Gasteiger partial charge on any atom is 0.410 e. The van der Waals surface area contributed by atoms with E-state index in [1.54, 1.807) is 24.3 Å². The summed E-state index contributed by atoms with van der Waals surface area (Å²) in [6.45, 7) is 0.297. The molecular weight excluding hydrogens is 431 g/mol. The lowest BCUT2D eigenvalue weighted by molar-refractivity contribution is -0.173. The molecule has 4 rings (SSSR count). The lowest BCUT2D eigenvalue weighted by Gasteiger charge is -2.34. The summed E-state index contributed by atoms with van der Waals surface area (Å²) in [5.74, 6) is -0.391. The second kappa shape index (κ2) is 9.27. The number of amides is 1. The number of likely N-dealkylation sites (N-methyl/N-ethyl adjacent to an activating group) is 1. The van der Waals surface area contributed by atoms with E-state index in [9.17, 15) is 18.0 Å². The molecule has 9 heteroatoms. The number of benzene rings is 2. The molecule has 2 N–H and O–H groups in total. The number of halogens is 3. The van der Waals surface area contributed by atoms with Crippen molar-refractivity contribution in [3.05, 3.63) is 83.6 Å². The first kappa shape index (κ1) is 22.8. The van der Waals surface area contributed by atoms with E-state index >= 15 is 0 Å². The summed E-state index contributed by atoms with van der Waals surface area (Å²) >= 11 is 0. The van der Waals surface area contributed by atoms with Gasteiger partial charge < -0.3 is 15.5 Å². The number of fused-ring (bicyclic) bond motifs is 1. The van der Waals surface area contributed by atoms with Crippen LogP contribution < -0.4 is 10.6 Å². The molecule has 174 valence electrons. The van der Waals surface area contributed by atoms with Crippen LogP contribution >= 0.6 is 0 Å². The number of aromatic nitrogens is 2. The average Bonchev–Trinajstić information content (AvgIpc) is 3.23. The molecule has 3 aromatic rings. The van der Waals surface area contributed by atoms with Crippen LogP contribution in [-0.2, 0) is 0 Å². The fourth-order valence-corrected chi connectivity index (χ4v) is 4.19. The molecule has 1 unspecified atom stereocenters. The van der Waals surface area contributed by atoms with Crippen molar-refractivity contribution < 1.29 is 18.0 Å². The van der Waals surface area contributed by atoms with Gasteiger partial charge in [0.15, 0.2) is 6.04 Å². The lowest BCUT2D eigenvalue weighted by Crippen LogP contribution is -2.37. The van der Waals surface area contributed by atoms with Crippen molar-refractivity contribution in [2.24, 2.45) is 0 Å². The summed E-state index contributed by atoms with van der Waals surface area (Å²) in [5, 5.41) is 9.92. The Balaban J connectivity index is 1.59. The summed E-state index contributed by atoms with van der Waals surface area (Å²) < 4.78 is 42.4. The Hall–Kier alpha value is -3.33. The molecule has 0 saturated heterocycles.